The van der Waals surface area contributed by atoms with Crippen LogP contribution in [0.2, 0.25) is 0 Å². The van der Waals surface area contributed by atoms with Crippen LogP contribution in [0, 0.1) is 0 Å². The Kier molecular flexibility index (Phi) is 13.3. The molecule has 1 rings (SSSR count). The van der Waals surface area contributed by atoms with E-state index in [0.717, 1.165) is 18.4 Å². The molecule has 0 aromatic rings. The van der Waals surface area contributed by atoms with Gasteiger partial charge in [0.2, 0.25) is 0 Å². The third-order valence-electron chi connectivity index (χ3n) is 5.68. The first-order valence-electron chi connectivity index (χ1n) is 11.2. The Morgan fingerprint density at radius 2 is 1.46 bits per heavy atom. The van der Waals surface area contributed by atoms with E-state index in [-0.39, 0.29) is 12.2 Å². The highest BCUT2D eigenvalue weighted by Crippen LogP contribution is 2.26. The monoisotopic (exact) mass is 368 g/mol. The molecule has 3 heteroatoms. The fourth-order valence-corrected chi connectivity index (χ4v) is 3.90. The average molecular weight is 369 g/mol. The second-order valence-corrected chi connectivity index (χ2v) is 8.34. The van der Waals surface area contributed by atoms with Gasteiger partial charge in [-0.05, 0) is 25.3 Å². The first kappa shape index (κ1) is 23.7. The van der Waals surface area contributed by atoms with Gasteiger partial charge in [0.05, 0.1) is 24.4 Å². The summed E-state index contributed by atoms with van der Waals surface area (Å²) in [6.45, 7) is 8.26. The molecule has 0 spiro atoms. The van der Waals surface area contributed by atoms with Gasteiger partial charge in [-0.15, -0.1) is 0 Å². The maximum Gasteiger partial charge on any atom is 0.0876 e. The first-order valence-corrected chi connectivity index (χ1v) is 11.2. The molecular formula is C23H44O3. The third kappa shape index (κ3) is 10.7. The number of ether oxygens (including phenoxy) is 1. The fraction of sp³-hybridized carbons (Fsp3) is 0.913. The molecule has 0 aromatic carbocycles. The molecule has 154 valence electrons. The Morgan fingerprint density at radius 1 is 0.962 bits per heavy atom. The molecule has 0 aliphatic carbocycles. The minimum Gasteiger partial charge on any atom is -0.390 e. The van der Waals surface area contributed by atoms with E-state index in [1.165, 1.54) is 70.6 Å². The lowest BCUT2D eigenvalue weighted by atomic mass is 9.97. The van der Waals surface area contributed by atoms with E-state index in [0.29, 0.717) is 12.8 Å². The van der Waals surface area contributed by atoms with Crippen LogP contribution in [0.25, 0.3) is 0 Å². The Labute approximate surface area is 162 Å². The van der Waals surface area contributed by atoms with E-state index < -0.39 is 12.2 Å². The Hall–Kier alpha value is -0.380. The van der Waals surface area contributed by atoms with Gasteiger partial charge < -0.3 is 14.9 Å². The van der Waals surface area contributed by atoms with E-state index >= 15 is 0 Å². The van der Waals surface area contributed by atoms with Crippen molar-refractivity contribution in [1.82, 2.24) is 0 Å². The molecule has 1 aliphatic rings. The summed E-state index contributed by atoms with van der Waals surface area (Å²) < 4.78 is 5.69. The summed E-state index contributed by atoms with van der Waals surface area (Å²) in [7, 11) is 0. The van der Waals surface area contributed by atoms with E-state index in [4.69, 9.17) is 4.74 Å². The lowest BCUT2D eigenvalue weighted by Gasteiger charge is -2.19. The van der Waals surface area contributed by atoms with Crippen LogP contribution < -0.4 is 0 Å². The van der Waals surface area contributed by atoms with Crippen molar-refractivity contribution in [2.75, 3.05) is 0 Å². The van der Waals surface area contributed by atoms with E-state index in [1.807, 2.05) is 6.92 Å². The number of rotatable bonds is 16. The Morgan fingerprint density at radius 3 is 1.92 bits per heavy atom. The van der Waals surface area contributed by atoms with Crippen molar-refractivity contribution in [1.29, 1.82) is 0 Å². The molecule has 0 bridgehead atoms. The summed E-state index contributed by atoms with van der Waals surface area (Å²) in [5, 5.41) is 20.2. The zero-order valence-electron chi connectivity index (χ0n) is 17.4. The zero-order chi connectivity index (χ0) is 19.2. The van der Waals surface area contributed by atoms with E-state index in [1.54, 1.807) is 0 Å². The number of aliphatic hydroxyl groups is 2. The van der Waals surface area contributed by atoms with Crippen molar-refractivity contribution < 1.29 is 14.9 Å². The molecule has 1 aliphatic heterocycles. The SMILES string of the molecule is C=C(C[C@@H]1O[C@H](C)C[C@@H]1O)[C@@H](O)CCCCCCCCCCCCCC. The van der Waals surface area contributed by atoms with Crippen LogP contribution in [0.3, 0.4) is 0 Å². The van der Waals surface area contributed by atoms with Gasteiger partial charge in [0.15, 0.2) is 0 Å². The summed E-state index contributed by atoms with van der Waals surface area (Å²) in [5.74, 6) is 0. The van der Waals surface area contributed by atoms with Crippen molar-refractivity contribution in [2.24, 2.45) is 0 Å². The first-order chi connectivity index (χ1) is 12.5. The van der Waals surface area contributed by atoms with Gasteiger partial charge in [-0.3, -0.25) is 0 Å². The number of hydrogen-bond donors (Lipinski definition) is 2. The Balaban J connectivity index is 1.91. The molecule has 26 heavy (non-hydrogen) atoms. The molecule has 1 heterocycles. The topological polar surface area (TPSA) is 49.7 Å². The lowest BCUT2D eigenvalue weighted by molar-refractivity contribution is 0.0133. The second kappa shape index (κ2) is 14.6. The molecule has 1 fully saturated rings. The number of aliphatic hydroxyl groups excluding tert-OH is 2. The van der Waals surface area contributed by atoms with E-state index in [9.17, 15) is 10.2 Å². The molecule has 4 atom stereocenters. The van der Waals surface area contributed by atoms with Crippen LogP contribution >= 0.6 is 0 Å². The minimum atomic E-state index is -0.454. The van der Waals surface area contributed by atoms with Gasteiger partial charge in [-0.25, -0.2) is 0 Å². The smallest absolute Gasteiger partial charge is 0.0876 e. The summed E-state index contributed by atoms with van der Waals surface area (Å²) in [4.78, 5) is 0. The summed E-state index contributed by atoms with van der Waals surface area (Å²) in [6, 6.07) is 0. The maximum atomic E-state index is 10.3. The van der Waals surface area contributed by atoms with Crippen molar-refractivity contribution in [2.45, 2.75) is 135 Å². The Bertz CT molecular complexity index is 355. The van der Waals surface area contributed by atoms with Gasteiger partial charge in [-0.1, -0.05) is 90.6 Å². The van der Waals surface area contributed by atoms with Crippen LogP contribution in [-0.2, 0) is 4.74 Å². The van der Waals surface area contributed by atoms with Gasteiger partial charge in [-0.2, -0.15) is 0 Å². The fourth-order valence-electron chi connectivity index (χ4n) is 3.90. The molecule has 3 nitrogen and oxygen atoms in total. The molecule has 2 N–H and O–H groups in total. The van der Waals surface area contributed by atoms with Crippen LogP contribution in [0.1, 0.15) is 110 Å². The summed E-state index contributed by atoms with van der Waals surface area (Å²) >= 11 is 0. The van der Waals surface area contributed by atoms with Gasteiger partial charge in [0.25, 0.3) is 0 Å². The quantitative estimate of drug-likeness (QED) is 0.262. The van der Waals surface area contributed by atoms with Crippen LogP contribution in [0.5, 0.6) is 0 Å². The number of unbranched alkanes of at least 4 members (excludes halogenated alkanes) is 11. The molecule has 0 amide bonds. The molecule has 0 aromatic heterocycles. The summed E-state index contributed by atoms with van der Waals surface area (Å²) in [6.07, 6.45) is 17.1. The molecule has 0 unspecified atom stereocenters. The maximum absolute atomic E-state index is 10.3. The van der Waals surface area contributed by atoms with Crippen molar-refractivity contribution in [3.63, 3.8) is 0 Å². The minimum absolute atomic E-state index is 0.108. The molecular weight excluding hydrogens is 324 g/mol. The number of hydrogen-bond acceptors (Lipinski definition) is 3. The predicted octanol–water partition coefficient (Wildman–Crippen LogP) is 5.92. The van der Waals surface area contributed by atoms with E-state index in [2.05, 4.69) is 13.5 Å². The lowest BCUT2D eigenvalue weighted by Crippen LogP contribution is -2.24. The van der Waals surface area contributed by atoms with Crippen molar-refractivity contribution in [3.8, 4) is 0 Å². The molecule has 0 saturated carbocycles. The molecule has 1 saturated heterocycles. The van der Waals surface area contributed by atoms with Crippen molar-refractivity contribution >= 4 is 0 Å². The van der Waals surface area contributed by atoms with Gasteiger partial charge in [0, 0.05) is 6.42 Å². The predicted molar refractivity (Wildman–Crippen MR) is 110 cm³/mol. The highest BCUT2D eigenvalue weighted by atomic mass is 16.5. The summed E-state index contributed by atoms with van der Waals surface area (Å²) in [5.41, 5.74) is 0.811. The highest BCUT2D eigenvalue weighted by molar-refractivity contribution is 5.05. The zero-order valence-corrected chi connectivity index (χ0v) is 17.4. The average Bonchev–Trinajstić information content (AvgIpc) is 2.92. The van der Waals surface area contributed by atoms with Crippen LogP contribution in [0.4, 0.5) is 0 Å². The van der Waals surface area contributed by atoms with Crippen LogP contribution in [-0.4, -0.2) is 34.6 Å². The normalized spacial score (nSPS) is 24.1. The molecule has 0 radical (unpaired) electrons. The van der Waals surface area contributed by atoms with Crippen LogP contribution in [0.15, 0.2) is 12.2 Å². The highest BCUT2D eigenvalue weighted by Gasteiger charge is 2.32. The van der Waals surface area contributed by atoms with Crippen molar-refractivity contribution in [3.05, 3.63) is 12.2 Å². The third-order valence-corrected chi connectivity index (χ3v) is 5.68. The second-order valence-electron chi connectivity index (χ2n) is 8.34. The standard InChI is InChI=1S/C23H44O3/c1-4-5-6-7-8-9-10-11-12-13-14-15-16-21(24)19(2)17-23-22(25)18-20(3)26-23/h20-25H,2,4-18H2,1,3H3/t20-,21+,22+,23+/m1/s1. The largest absolute Gasteiger partial charge is 0.390 e. The van der Waals surface area contributed by atoms with Gasteiger partial charge in [0.1, 0.15) is 0 Å². The van der Waals surface area contributed by atoms with Gasteiger partial charge >= 0.3 is 0 Å².